The Morgan fingerprint density at radius 3 is 1.38 bits per heavy atom. The van der Waals surface area contributed by atoms with Crippen LogP contribution in [0.25, 0.3) is 0 Å². The minimum absolute atomic E-state index is 0. The van der Waals surface area contributed by atoms with E-state index in [1.807, 2.05) is 21.1 Å². The van der Waals surface area contributed by atoms with Crippen LogP contribution >= 0.6 is 20.2 Å². The van der Waals surface area contributed by atoms with Crippen molar-refractivity contribution in [2.45, 2.75) is 181 Å². The molecule has 0 aliphatic carbocycles. The Kier molecular flexibility index (Phi) is 37.4. The summed E-state index contributed by atoms with van der Waals surface area (Å²) in [5, 5.41) is 0. The molecule has 0 aromatic rings. The summed E-state index contributed by atoms with van der Waals surface area (Å²) in [6.45, 7) is 4.40. The van der Waals surface area contributed by atoms with Crippen molar-refractivity contribution in [3.8, 4) is 0 Å². The summed E-state index contributed by atoms with van der Waals surface area (Å²) in [6, 6.07) is 0. The first-order valence-corrected chi connectivity index (χ1v) is 20.3. The predicted molar refractivity (Wildman–Crippen MR) is 202 cm³/mol. The molecule has 0 rings (SSSR count). The minimum atomic E-state index is -4.35. The number of carbonyl (C=O) groups is 2. The number of hydrogen-bond acceptors (Lipinski definition) is 7. The molecule has 0 fully saturated rings. The number of carbonyl (C=O) groups excluding carboxylic acids is 2. The van der Waals surface area contributed by atoms with Crippen molar-refractivity contribution in [3.05, 3.63) is 0 Å². The van der Waals surface area contributed by atoms with Gasteiger partial charge in [-0.25, -0.2) is 4.57 Å². The molecule has 0 aromatic heterocycles. The zero-order chi connectivity index (χ0) is 34.4. The molecular weight excluding hydrogens is 653 g/mol. The van der Waals surface area contributed by atoms with Crippen molar-refractivity contribution in [1.29, 1.82) is 0 Å². The lowest BCUT2D eigenvalue weighted by molar-refractivity contribution is -0.870. The molecular formula is C37H78ClNO8P+. The summed E-state index contributed by atoms with van der Waals surface area (Å²) in [6.07, 6.45) is 25.7. The van der Waals surface area contributed by atoms with E-state index < -0.39 is 26.5 Å². The maximum atomic E-state index is 12.6. The third-order valence-corrected chi connectivity index (χ3v) is 9.12. The fraction of sp³-hybridized carbons (Fsp3) is 0.946. The van der Waals surface area contributed by atoms with Crippen LogP contribution < -0.4 is 0 Å². The number of phosphoric acid groups is 1. The highest BCUT2D eigenvalue weighted by molar-refractivity contribution is 7.47. The fourth-order valence-electron chi connectivity index (χ4n) is 5.13. The molecule has 11 heteroatoms. The number of likely N-dealkylation sites (N-methyl/N-ethyl adjacent to an activating group) is 1. The number of ether oxygens (including phenoxy) is 2. The molecule has 1 N–H and O–H groups in total. The van der Waals surface area contributed by atoms with Crippen LogP contribution in [0.3, 0.4) is 0 Å². The van der Waals surface area contributed by atoms with Crippen LogP contribution in [0.15, 0.2) is 0 Å². The molecule has 48 heavy (non-hydrogen) atoms. The maximum Gasteiger partial charge on any atom is 0.472 e. The van der Waals surface area contributed by atoms with Gasteiger partial charge in [-0.2, -0.15) is 0 Å². The van der Waals surface area contributed by atoms with Gasteiger partial charge in [0.25, 0.3) is 0 Å². The van der Waals surface area contributed by atoms with Gasteiger partial charge in [0.2, 0.25) is 0 Å². The minimum Gasteiger partial charge on any atom is -0.462 e. The number of nitrogens with zero attached hydrogens (tertiary/aromatic N) is 1. The van der Waals surface area contributed by atoms with Crippen LogP contribution in [-0.4, -0.2) is 74.9 Å². The van der Waals surface area contributed by atoms with Crippen LogP contribution in [0.2, 0.25) is 0 Å². The van der Waals surface area contributed by atoms with Gasteiger partial charge in [-0.05, 0) is 12.8 Å². The highest BCUT2D eigenvalue weighted by Crippen LogP contribution is 2.43. The zero-order valence-corrected chi connectivity index (χ0v) is 32.7. The molecule has 290 valence electrons. The molecule has 2 unspecified atom stereocenters. The van der Waals surface area contributed by atoms with Crippen LogP contribution in [0.1, 0.15) is 175 Å². The van der Waals surface area contributed by atoms with Crippen molar-refractivity contribution >= 4 is 32.2 Å². The summed E-state index contributed by atoms with van der Waals surface area (Å²) in [5.74, 6) is -0.793. The van der Waals surface area contributed by atoms with Gasteiger partial charge in [0, 0.05) is 12.8 Å². The zero-order valence-electron chi connectivity index (χ0n) is 31.0. The number of rotatable bonds is 34. The van der Waals surface area contributed by atoms with Gasteiger partial charge >= 0.3 is 19.8 Å². The van der Waals surface area contributed by atoms with Gasteiger partial charge < -0.3 is 18.9 Å². The van der Waals surface area contributed by atoms with E-state index in [0.717, 1.165) is 32.1 Å². The Bertz CT molecular complexity index is 781. The van der Waals surface area contributed by atoms with Crippen molar-refractivity contribution in [2.24, 2.45) is 0 Å². The Labute approximate surface area is 302 Å². The van der Waals surface area contributed by atoms with Gasteiger partial charge in [0.15, 0.2) is 6.10 Å². The van der Waals surface area contributed by atoms with Gasteiger partial charge in [-0.1, -0.05) is 150 Å². The van der Waals surface area contributed by atoms with Gasteiger partial charge in [-0.3, -0.25) is 18.6 Å². The van der Waals surface area contributed by atoms with E-state index in [1.165, 1.54) is 103 Å². The van der Waals surface area contributed by atoms with Crippen LogP contribution in [0.4, 0.5) is 0 Å². The molecule has 2 atom stereocenters. The standard InChI is InChI=1S/C36H72NO8P.CH4.ClH/c1-6-8-10-12-14-16-18-20-22-24-26-28-35(38)42-32-34(33-44-46(40,41)43-31-30-37(3,4)5)45-36(39)29-27-25-23-21-19-17-15-13-11-9-7-2;;/h34H,6-33H2,1-5H3;1H4;1H/p+1. The molecule has 0 radical (unpaired) electrons. The lowest BCUT2D eigenvalue weighted by atomic mass is 10.1. The van der Waals surface area contributed by atoms with Crippen LogP contribution in [-0.2, 0) is 32.7 Å². The Morgan fingerprint density at radius 2 is 0.979 bits per heavy atom. The van der Waals surface area contributed by atoms with E-state index in [4.69, 9.17) is 18.5 Å². The summed E-state index contributed by atoms with van der Waals surface area (Å²) < 4.78 is 34.1. The van der Waals surface area contributed by atoms with Gasteiger partial charge in [0.05, 0.1) is 27.7 Å². The predicted octanol–water partition coefficient (Wildman–Crippen LogP) is 10.7. The summed E-state index contributed by atoms with van der Waals surface area (Å²) in [4.78, 5) is 35.1. The first-order valence-electron chi connectivity index (χ1n) is 18.8. The lowest BCUT2D eigenvalue weighted by Gasteiger charge is -2.24. The quantitative estimate of drug-likeness (QED) is 0.0302. The molecule has 0 aliphatic rings. The van der Waals surface area contributed by atoms with E-state index in [1.54, 1.807) is 0 Å². The number of unbranched alkanes of at least 4 members (excludes halogenated alkanes) is 20. The average molecular weight is 731 g/mol. The molecule has 0 heterocycles. The normalized spacial score (nSPS) is 13.2. The second-order valence-corrected chi connectivity index (χ2v) is 15.4. The van der Waals surface area contributed by atoms with Crippen LogP contribution in [0.5, 0.6) is 0 Å². The number of hydrogen-bond donors (Lipinski definition) is 1. The number of esters is 2. The molecule has 0 bridgehead atoms. The van der Waals surface area contributed by atoms with Crippen molar-refractivity contribution in [1.82, 2.24) is 0 Å². The molecule has 0 aromatic carbocycles. The number of quaternary nitrogens is 1. The van der Waals surface area contributed by atoms with E-state index in [0.29, 0.717) is 23.9 Å². The molecule has 0 saturated carbocycles. The summed E-state index contributed by atoms with van der Waals surface area (Å²) in [5.41, 5.74) is 0. The van der Waals surface area contributed by atoms with Crippen molar-refractivity contribution < 1.29 is 42.1 Å². The Balaban J connectivity index is -0.0000101. The second-order valence-electron chi connectivity index (χ2n) is 14.0. The van der Waals surface area contributed by atoms with Crippen LogP contribution in [0, 0.1) is 0 Å². The third-order valence-electron chi connectivity index (χ3n) is 8.14. The number of halogens is 1. The van der Waals surface area contributed by atoms with E-state index in [9.17, 15) is 19.0 Å². The molecule has 0 aliphatic heterocycles. The molecule has 9 nitrogen and oxygen atoms in total. The van der Waals surface area contributed by atoms with E-state index in [-0.39, 0.29) is 45.4 Å². The van der Waals surface area contributed by atoms with Crippen molar-refractivity contribution in [3.63, 3.8) is 0 Å². The lowest BCUT2D eigenvalue weighted by Crippen LogP contribution is -2.37. The second kappa shape index (κ2) is 34.7. The maximum absolute atomic E-state index is 12.6. The molecule has 0 spiro atoms. The van der Waals surface area contributed by atoms with E-state index >= 15 is 0 Å². The molecule has 0 amide bonds. The Morgan fingerprint density at radius 1 is 0.604 bits per heavy atom. The van der Waals surface area contributed by atoms with Gasteiger partial charge in [0.1, 0.15) is 19.8 Å². The number of phosphoric ester groups is 1. The Hall–Kier alpha value is -0.700. The van der Waals surface area contributed by atoms with E-state index in [2.05, 4.69) is 13.8 Å². The average Bonchev–Trinajstić information content (AvgIpc) is 2.99. The summed E-state index contributed by atoms with van der Waals surface area (Å²) >= 11 is 0. The smallest absolute Gasteiger partial charge is 0.462 e. The monoisotopic (exact) mass is 731 g/mol. The first-order chi connectivity index (χ1) is 22.0. The highest BCUT2D eigenvalue weighted by Gasteiger charge is 2.27. The van der Waals surface area contributed by atoms with Crippen molar-refractivity contribution in [2.75, 3.05) is 47.5 Å². The summed E-state index contributed by atoms with van der Waals surface area (Å²) in [7, 11) is 1.49. The SMILES string of the molecule is C.CCCCCCCCCCCCCC(=O)OCC(COP(=O)(O)OCC[N+](C)(C)C)OC(=O)CCCCCCCCCCCCC.Cl. The topological polar surface area (TPSA) is 108 Å². The highest BCUT2D eigenvalue weighted by atomic mass is 35.5. The fourth-order valence-corrected chi connectivity index (χ4v) is 5.87. The third kappa shape index (κ3) is 38.1. The largest absolute Gasteiger partial charge is 0.472 e. The first kappa shape index (κ1) is 51.7. The van der Waals surface area contributed by atoms with Gasteiger partial charge in [-0.15, -0.1) is 12.4 Å². The molecule has 0 saturated heterocycles.